The molecule has 1 heterocycles. The minimum absolute atomic E-state index is 0.918. The van der Waals surface area contributed by atoms with Crippen molar-refractivity contribution in [1.82, 2.24) is 0 Å². The minimum Gasteiger partial charge on any atom is -0.454 e. The van der Waals surface area contributed by atoms with Crippen molar-refractivity contribution in [2.24, 2.45) is 0 Å². The molecular weight excluding hydrogens is 424 g/mol. The van der Waals surface area contributed by atoms with E-state index >= 15 is 0 Å². The highest BCUT2D eigenvalue weighted by molar-refractivity contribution is 9.11. The van der Waals surface area contributed by atoms with Gasteiger partial charge in [-0.3, -0.25) is 0 Å². The van der Waals surface area contributed by atoms with Gasteiger partial charge in [0.15, 0.2) is 0 Å². The van der Waals surface area contributed by atoms with Gasteiger partial charge < -0.3 is 4.74 Å². The van der Waals surface area contributed by atoms with Gasteiger partial charge in [0, 0.05) is 14.5 Å². The van der Waals surface area contributed by atoms with Crippen LogP contribution in [0.3, 0.4) is 0 Å². The lowest BCUT2D eigenvalue weighted by atomic mass is 10.0. The van der Waals surface area contributed by atoms with Crippen LogP contribution in [-0.2, 0) is 0 Å². The Kier molecular flexibility index (Phi) is 3.76. The third-order valence-corrected chi connectivity index (χ3v) is 5.45. The second-order valence-corrected chi connectivity index (χ2v) is 7.86. The highest BCUT2D eigenvalue weighted by Gasteiger charge is 2.21. The van der Waals surface area contributed by atoms with Crippen LogP contribution < -0.4 is 4.74 Å². The molecule has 0 N–H and O–H groups in total. The van der Waals surface area contributed by atoms with Crippen LogP contribution in [0.4, 0.5) is 0 Å². The van der Waals surface area contributed by atoms with Gasteiger partial charge >= 0.3 is 0 Å². The van der Waals surface area contributed by atoms with Crippen molar-refractivity contribution >= 4 is 43.6 Å². The molecule has 1 nitrogen and oxygen atoms in total. The van der Waals surface area contributed by atoms with Crippen molar-refractivity contribution in [2.75, 3.05) is 0 Å². The average molecular weight is 434 g/mol. The predicted molar refractivity (Wildman–Crippen MR) is 97.9 cm³/mol. The van der Waals surface area contributed by atoms with Crippen LogP contribution in [0, 0.1) is 0 Å². The summed E-state index contributed by atoms with van der Waals surface area (Å²) in [5.74, 6) is 1.85. The summed E-state index contributed by atoms with van der Waals surface area (Å²) in [5.41, 5.74) is 2.22. The molecular formula is C18H10Br2OS. The fourth-order valence-electron chi connectivity index (χ4n) is 2.49. The lowest BCUT2D eigenvalue weighted by molar-refractivity contribution is 0.456. The maximum absolute atomic E-state index is 6.19. The molecule has 0 atom stereocenters. The molecule has 22 heavy (non-hydrogen) atoms. The highest BCUT2D eigenvalue weighted by Crippen LogP contribution is 2.50. The average Bonchev–Trinajstić information content (AvgIpc) is 2.51. The van der Waals surface area contributed by atoms with Crippen molar-refractivity contribution in [3.63, 3.8) is 0 Å². The SMILES string of the molecule is Brc1cc(Br)cc(-c2cccc3c2Oc2ccccc2S3)c1. The molecule has 4 rings (SSSR count). The zero-order valence-electron chi connectivity index (χ0n) is 11.3. The maximum Gasteiger partial charge on any atom is 0.149 e. The number of ether oxygens (including phenoxy) is 1. The standard InChI is InChI=1S/C18H10Br2OS/c19-12-8-11(9-13(20)10-12)14-4-3-7-17-18(14)21-15-5-1-2-6-16(15)22-17/h1-10H. The largest absolute Gasteiger partial charge is 0.454 e. The highest BCUT2D eigenvalue weighted by atomic mass is 79.9. The summed E-state index contributed by atoms with van der Waals surface area (Å²) in [5, 5.41) is 0. The fraction of sp³-hybridized carbons (Fsp3) is 0. The van der Waals surface area contributed by atoms with Crippen molar-refractivity contribution < 1.29 is 4.74 Å². The molecule has 1 aliphatic heterocycles. The maximum atomic E-state index is 6.19. The van der Waals surface area contributed by atoms with Gasteiger partial charge in [0.25, 0.3) is 0 Å². The van der Waals surface area contributed by atoms with Crippen LogP contribution in [0.1, 0.15) is 0 Å². The van der Waals surface area contributed by atoms with E-state index in [-0.39, 0.29) is 0 Å². The van der Waals surface area contributed by atoms with Gasteiger partial charge in [-0.15, -0.1) is 0 Å². The second-order valence-electron chi connectivity index (χ2n) is 4.94. The Balaban J connectivity index is 1.87. The van der Waals surface area contributed by atoms with Gasteiger partial charge in [0.05, 0.1) is 9.79 Å². The van der Waals surface area contributed by atoms with Gasteiger partial charge in [0.1, 0.15) is 11.5 Å². The van der Waals surface area contributed by atoms with Crippen LogP contribution in [0.25, 0.3) is 11.1 Å². The Hall–Kier alpha value is -1.23. The zero-order valence-corrected chi connectivity index (χ0v) is 15.3. The monoisotopic (exact) mass is 432 g/mol. The Morgan fingerprint density at radius 3 is 2.32 bits per heavy atom. The van der Waals surface area contributed by atoms with Crippen molar-refractivity contribution in [1.29, 1.82) is 0 Å². The van der Waals surface area contributed by atoms with Crippen LogP contribution in [0.2, 0.25) is 0 Å². The molecule has 0 amide bonds. The summed E-state index contributed by atoms with van der Waals surface area (Å²) in [6.07, 6.45) is 0. The van der Waals surface area contributed by atoms with Crippen LogP contribution in [0.15, 0.2) is 79.4 Å². The van der Waals surface area contributed by atoms with Crippen molar-refractivity contribution in [3.05, 3.63) is 69.6 Å². The van der Waals surface area contributed by atoms with E-state index in [0.717, 1.165) is 41.4 Å². The molecule has 3 aromatic carbocycles. The topological polar surface area (TPSA) is 9.23 Å². The second kappa shape index (κ2) is 5.76. The molecule has 3 aromatic rings. The van der Waals surface area contributed by atoms with Crippen LogP contribution in [0.5, 0.6) is 11.5 Å². The number of halogens is 2. The van der Waals surface area contributed by atoms with Gasteiger partial charge in [-0.25, -0.2) is 0 Å². The van der Waals surface area contributed by atoms with Crippen LogP contribution in [-0.4, -0.2) is 0 Å². The molecule has 4 heteroatoms. The van der Waals surface area contributed by atoms with E-state index in [9.17, 15) is 0 Å². The number of rotatable bonds is 1. The van der Waals surface area contributed by atoms with Gasteiger partial charge in [-0.05, 0) is 42.0 Å². The summed E-state index contributed by atoms with van der Waals surface area (Å²) in [6.45, 7) is 0. The molecule has 0 saturated carbocycles. The Bertz CT molecular complexity index is 856. The van der Waals surface area contributed by atoms with Crippen LogP contribution >= 0.6 is 43.6 Å². The Morgan fingerprint density at radius 1 is 0.773 bits per heavy atom. The minimum atomic E-state index is 0.918. The molecule has 108 valence electrons. The summed E-state index contributed by atoms with van der Waals surface area (Å²) in [7, 11) is 0. The van der Waals surface area contributed by atoms with Gasteiger partial charge in [-0.1, -0.05) is 67.9 Å². The summed E-state index contributed by atoms with van der Waals surface area (Å²) in [6, 6.07) is 20.7. The third-order valence-electron chi connectivity index (χ3n) is 3.43. The quantitative estimate of drug-likeness (QED) is 0.315. The van der Waals surface area contributed by atoms with Crippen molar-refractivity contribution in [2.45, 2.75) is 9.79 Å². The molecule has 0 aliphatic carbocycles. The molecule has 1 aliphatic rings. The number of para-hydroxylation sites is 2. The number of benzene rings is 3. The number of hydrogen-bond donors (Lipinski definition) is 0. The molecule has 0 radical (unpaired) electrons. The summed E-state index contributed by atoms with van der Waals surface area (Å²) in [4.78, 5) is 2.30. The predicted octanol–water partition coefficient (Wildman–Crippen LogP) is 7.14. The van der Waals surface area contributed by atoms with E-state index in [1.165, 1.54) is 0 Å². The first-order valence-electron chi connectivity index (χ1n) is 6.75. The van der Waals surface area contributed by atoms with E-state index < -0.39 is 0 Å². The smallest absolute Gasteiger partial charge is 0.149 e. The summed E-state index contributed by atoms with van der Waals surface area (Å²) >= 11 is 8.86. The van der Waals surface area contributed by atoms with E-state index in [4.69, 9.17) is 4.74 Å². The summed E-state index contributed by atoms with van der Waals surface area (Å²) < 4.78 is 8.27. The molecule has 0 saturated heterocycles. The number of hydrogen-bond acceptors (Lipinski definition) is 2. The first kappa shape index (κ1) is 14.4. The van der Waals surface area contributed by atoms with E-state index in [0.29, 0.717) is 0 Å². The third kappa shape index (κ3) is 2.60. The molecule has 0 fully saturated rings. The molecule has 0 unspecified atom stereocenters. The molecule has 0 bridgehead atoms. The lowest BCUT2D eigenvalue weighted by Gasteiger charge is -2.22. The normalized spacial score (nSPS) is 12.3. The van der Waals surface area contributed by atoms with Crippen molar-refractivity contribution in [3.8, 4) is 22.6 Å². The number of fused-ring (bicyclic) bond motifs is 2. The first-order chi connectivity index (χ1) is 10.7. The lowest BCUT2D eigenvalue weighted by Crippen LogP contribution is -1.97. The Morgan fingerprint density at radius 2 is 1.50 bits per heavy atom. The van der Waals surface area contributed by atoms with Gasteiger partial charge in [-0.2, -0.15) is 0 Å². The van der Waals surface area contributed by atoms with Gasteiger partial charge in [0.2, 0.25) is 0 Å². The first-order valence-corrected chi connectivity index (χ1v) is 9.15. The fourth-order valence-corrected chi connectivity index (χ4v) is 4.76. The van der Waals surface area contributed by atoms with E-state index in [2.05, 4.69) is 68.3 Å². The molecule has 0 spiro atoms. The Labute approximate surface area is 150 Å². The van der Waals surface area contributed by atoms with E-state index in [1.54, 1.807) is 11.8 Å². The molecule has 0 aromatic heterocycles. The zero-order chi connectivity index (χ0) is 15.1. The van der Waals surface area contributed by atoms with E-state index in [1.807, 2.05) is 24.3 Å².